The van der Waals surface area contributed by atoms with Gasteiger partial charge in [-0.3, -0.25) is 4.79 Å². The molecule has 0 bridgehead atoms. The smallest absolute Gasteiger partial charge is 0.233 e. The summed E-state index contributed by atoms with van der Waals surface area (Å²) in [6.45, 7) is 2.16. The molecule has 3 rings (SSSR count). The Hall–Kier alpha value is -1.86. The van der Waals surface area contributed by atoms with Gasteiger partial charge in [0.25, 0.3) is 0 Å². The van der Waals surface area contributed by atoms with Crippen LogP contribution in [0.25, 0.3) is 0 Å². The summed E-state index contributed by atoms with van der Waals surface area (Å²) in [5, 5.41) is 3.32. The Kier molecular flexibility index (Phi) is 4.97. The summed E-state index contributed by atoms with van der Waals surface area (Å²) in [5.74, 6) is 1.04. The lowest BCUT2D eigenvalue weighted by Crippen LogP contribution is -2.50. The van der Waals surface area contributed by atoms with Gasteiger partial charge in [0.1, 0.15) is 17.7 Å². The summed E-state index contributed by atoms with van der Waals surface area (Å²) in [5.41, 5.74) is 0. The molecule has 122 valence electrons. The van der Waals surface area contributed by atoms with Crippen LogP contribution in [-0.4, -0.2) is 45.7 Å². The molecular weight excluding hydrogens is 315 g/mol. The van der Waals surface area contributed by atoms with Crippen molar-refractivity contribution in [2.45, 2.75) is 10.9 Å². The summed E-state index contributed by atoms with van der Waals surface area (Å²) in [7, 11) is 1.94. The van der Waals surface area contributed by atoms with E-state index in [0.29, 0.717) is 18.8 Å². The van der Waals surface area contributed by atoms with E-state index in [1.165, 1.54) is 23.9 Å². The van der Waals surface area contributed by atoms with E-state index in [1.54, 1.807) is 18.3 Å². The molecule has 7 heteroatoms. The minimum absolute atomic E-state index is 0.0509. The summed E-state index contributed by atoms with van der Waals surface area (Å²) in [6, 6.07) is 6.16. The monoisotopic (exact) mass is 334 g/mol. The number of rotatable bonds is 4. The van der Waals surface area contributed by atoms with E-state index in [9.17, 15) is 9.18 Å². The fraction of sp³-hybridized carbons (Fsp3) is 0.375. The van der Waals surface area contributed by atoms with Crippen LogP contribution in [0.5, 0.6) is 0 Å². The largest absolute Gasteiger partial charge is 0.336 e. The Morgan fingerprint density at radius 1 is 1.43 bits per heavy atom. The summed E-state index contributed by atoms with van der Waals surface area (Å²) < 4.78 is 14.9. The van der Waals surface area contributed by atoms with Crippen LogP contribution in [0.1, 0.15) is 11.9 Å². The van der Waals surface area contributed by atoms with Crippen molar-refractivity contribution >= 4 is 17.7 Å². The lowest BCUT2D eigenvalue weighted by molar-refractivity contribution is -0.131. The van der Waals surface area contributed by atoms with Crippen LogP contribution in [-0.2, 0) is 11.8 Å². The number of nitrogens with one attached hydrogen (secondary N) is 1. The zero-order valence-corrected chi connectivity index (χ0v) is 13.7. The Labute approximate surface area is 138 Å². The third-order valence-electron chi connectivity index (χ3n) is 3.90. The topological polar surface area (TPSA) is 50.2 Å². The van der Waals surface area contributed by atoms with Crippen molar-refractivity contribution in [3.63, 3.8) is 0 Å². The van der Waals surface area contributed by atoms with Gasteiger partial charge in [0.05, 0.1) is 5.75 Å². The van der Waals surface area contributed by atoms with Crippen LogP contribution in [0.15, 0.2) is 41.6 Å². The van der Waals surface area contributed by atoms with E-state index < -0.39 is 0 Å². The highest BCUT2D eigenvalue weighted by Crippen LogP contribution is 2.24. The third kappa shape index (κ3) is 3.73. The van der Waals surface area contributed by atoms with Gasteiger partial charge in [-0.1, -0.05) is 0 Å². The highest BCUT2D eigenvalue weighted by molar-refractivity contribution is 8.00. The van der Waals surface area contributed by atoms with Crippen molar-refractivity contribution in [2.75, 3.05) is 25.4 Å². The lowest BCUT2D eigenvalue weighted by Gasteiger charge is -2.35. The fourth-order valence-electron chi connectivity index (χ4n) is 2.69. The predicted molar refractivity (Wildman–Crippen MR) is 87.7 cm³/mol. The second kappa shape index (κ2) is 7.14. The standard InChI is InChI=1S/C16H19FN4OS/c1-20-8-7-19-16(20)14-10-18-6-9-21(14)15(22)11-23-13-4-2-12(17)3-5-13/h2-5,7-8,14,18H,6,9-11H2,1H3. The van der Waals surface area contributed by atoms with Gasteiger partial charge in [0.2, 0.25) is 5.91 Å². The number of carbonyl (C=O) groups excluding carboxylic acids is 1. The van der Waals surface area contributed by atoms with Crippen LogP contribution in [0, 0.1) is 5.82 Å². The van der Waals surface area contributed by atoms with Gasteiger partial charge in [0.15, 0.2) is 0 Å². The Balaban J connectivity index is 1.66. The molecule has 1 aliphatic rings. The maximum absolute atomic E-state index is 12.9. The van der Waals surface area contributed by atoms with Crippen LogP contribution < -0.4 is 5.32 Å². The molecule has 1 N–H and O–H groups in total. The van der Waals surface area contributed by atoms with E-state index >= 15 is 0 Å². The van der Waals surface area contributed by atoms with Crippen LogP contribution >= 0.6 is 11.8 Å². The van der Waals surface area contributed by atoms with Gasteiger partial charge >= 0.3 is 0 Å². The molecule has 1 fully saturated rings. The zero-order valence-electron chi connectivity index (χ0n) is 12.9. The summed E-state index contributed by atoms with van der Waals surface area (Å²) in [4.78, 5) is 19.8. The summed E-state index contributed by atoms with van der Waals surface area (Å²) >= 11 is 1.43. The first-order valence-electron chi connectivity index (χ1n) is 7.51. The van der Waals surface area contributed by atoms with Crippen molar-refractivity contribution in [1.29, 1.82) is 0 Å². The molecular formula is C16H19FN4OS. The molecule has 0 aliphatic carbocycles. The maximum atomic E-state index is 12.9. The van der Waals surface area contributed by atoms with Crippen molar-refractivity contribution in [3.05, 3.63) is 48.3 Å². The van der Waals surface area contributed by atoms with E-state index in [4.69, 9.17) is 0 Å². The maximum Gasteiger partial charge on any atom is 0.233 e. The van der Waals surface area contributed by atoms with Crippen molar-refractivity contribution in [2.24, 2.45) is 7.05 Å². The lowest BCUT2D eigenvalue weighted by atomic mass is 10.1. The third-order valence-corrected chi connectivity index (χ3v) is 4.89. The minimum atomic E-state index is -0.266. The molecule has 1 saturated heterocycles. The van der Waals surface area contributed by atoms with Gasteiger partial charge in [-0.25, -0.2) is 9.37 Å². The molecule has 1 aromatic carbocycles. The molecule has 0 spiro atoms. The Morgan fingerprint density at radius 2 is 2.22 bits per heavy atom. The van der Waals surface area contributed by atoms with Crippen molar-refractivity contribution in [1.82, 2.24) is 19.8 Å². The molecule has 23 heavy (non-hydrogen) atoms. The molecule has 2 heterocycles. The second-order valence-corrected chi connectivity index (χ2v) is 6.49. The molecule has 0 saturated carbocycles. The van der Waals surface area contributed by atoms with E-state index in [-0.39, 0.29) is 17.8 Å². The van der Waals surface area contributed by atoms with Gasteiger partial charge in [0, 0.05) is 44.0 Å². The highest BCUT2D eigenvalue weighted by atomic mass is 32.2. The average molecular weight is 334 g/mol. The first-order chi connectivity index (χ1) is 11.1. The number of aromatic nitrogens is 2. The number of amides is 1. The molecule has 5 nitrogen and oxygen atoms in total. The second-order valence-electron chi connectivity index (χ2n) is 5.45. The number of hydrogen-bond acceptors (Lipinski definition) is 4. The fourth-order valence-corrected chi connectivity index (χ4v) is 3.48. The van der Waals surface area contributed by atoms with Gasteiger partial charge < -0.3 is 14.8 Å². The number of benzene rings is 1. The number of imidazole rings is 1. The first-order valence-corrected chi connectivity index (χ1v) is 8.49. The van der Waals surface area contributed by atoms with Crippen LogP contribution in [0.3, 0.4) is 0 Å². The Morgan fingerprint density at radius 3 is 2.91 bits per heavy atom. The number of nitrogens with zero attached hydrogens (tertiary/aromatic N) is 3. The van der Waals surface area contributed by atoms with Crippen molar-refractivity contribution in [3.8, 4) is 0 Å². The zero-order chi connectivity index (χ0) is 16.2. The number of aryl methyl sites for hydroxylation is 1. The van der Waals surface area contributed by atoms with Gasteiger partial charge in [-0.05, 0) is 24.3 Å². The van der Waals surface area contributed by atoms with Crippen molar-refractivity contribution < 1.29 is 9.18 Å². The minimum Gasteiger partial charge on any atom is -0.336 e. The Bertz CT molecular complexity index is 673. The van der Waals surface area contributed by atoms with E-state index in [1.807, 2.05) is 22.7 Å². The van der Waals surface area contributed by atoms with Crippen LogP contribution in [0.4, 0.5) is 4.39 Å². The quantitative estimate of drug-likeness (QED) is 0.867. The SMILES string of the molecule is Cn1ccnc1C1CNCCN1C(=O)CSc1ccc(F)cc1. The molecule has 1 unspecified atom stereocenters. The highest BCUT2D eigenvalue weighted by Gasteiger charge is 2.30. The van der Waals surface area contributed by atoms with E-state index in [0.717, 1.165) is 17.3 Å². The van der Waals surface area contributed by atoms with Gasteiger partial charge in [-0.2, -0.15) is 0 Å². The molecule has 1 aromatic heterocycles. The predicted octanol–water partition coefficient (Wildman–Crippen LogP) is 1.82. The normalized spacial score (nSPS) is 18.2. The number of thioether (sulfide) groups is 1. The number of halogens is 1. The molecule has 0 radical (unpaired) electrons. The number of hydrogen-bond donors (Lipinski definition) is 1. The number of piperazine rings is 1. The summed E-state index contributed by atoms with van der Waals surface area (Å²) in [6.07, 6.45) is 3.64. The van der Waals surface area contributed by atoms with Crippen LogP contribution in [0.2, 0.25) is 0 Å². The average Bonchev–Trinajstić information content (AvgIpc) is 3.00. The molecule has 2 aromatic rings. The number of carbonyl (C=O) groups is 1. The first kappa shape index (κ1) is 16.0. The molecule has 1 aliphatic heterocycles. The molecule has 1 atom stereocenters. The van der Waals surface area contributed by atoms with E-state index in [2.05, 4.69) is 10.3 Å². The molecule has 1 amide bonds. The van der Waals surface area contributed by atoms with Gasteiger partial charge in [-0.15, -0.1) is 11.8 Å².